The summed E-state index contributed by atoms with van der Waals surface area (Å²) in [4.78, 5) is 21.6. The van der Waals surface area contributed by atoms with Crippen LogP contribution in [0, 0.1) is 6.92 Å². The molecule has 6 nitrogen and oxygen atoms in total. The first-order valence-electron chi connectivity index (χ1n) is 8.95. The molecule has 27 heavy (non-hydrogen) atoms. The Morgan fingerprint density at radius 3 is 2.70 bits per heavy atom. The fraction of sp³-hybridized carbons (Fsp3) is 0.400. The molecule has 0 bridgehead atoms. The van der Waals surface area contributed by atoms with E-state index in [9.17, 15) is 4.79 Å². The van der Waals surface area contributed by atoms with E-state index in [1.165, 1.54) is 0 Å². The molecule has 0 N–H and O–H groups in total. The molecule has 1 fully saturated rings. The van der Waals surface area contributed by atoms with Crippen molar-refractivity contribution in [2.24, 2.45) is 0 Å². The fourth-order valence-electron chi connectivity index (χ4n) is 3.07. The Kier molecular flexibility index (Phi) is 6.47. The summed E-state index contributed by atoms with van der Waals surface area (Å²) in [7, 11) is 1.57. The number of hydrogen-bond acceptors (Lipinski definition) is 6. The highest BCUT2D eigenvalue weighted by Gasteiger charge is 2.23. The minimum Gasteiger partial charge on any atom is -0.493 e. The zero-order valence-electron chi connectivity index (χ0n) is 15.8. The lowest BCUT2D eigenvalue weighted by Gasteiger charge is -2.34. The van der Waals surface area contributed by atoms with Gasteiger partial charge in [-0.3, -0.25) is 9.69 Å². The largest absolute Gasteiger partial charge is 0.493 e. The summed E-state index contributed by atoms with van der Waals surface area (Å²) >= 11 is 1.68. The molecule has 1 aromatic carbocycles. The zero-order chi connectivity index (χ0) is 19.2. The van der Waals surface area contributed by atoms with Crippen LogP contribution in [0.5, 0.6) is 11.5 Å². The third kappa shape index (κ3) is 4.87. The van der Waals surface area contributed by atoms with Crippen LogP contribution in [0.2, 0.25) is 0 Å². The molecular weight excluding hydrogens is 362 g/mol. The van der Waals surface area contributed by atoms with E-state index in [4.69, 9.17) is 9.47 Å². The van der Waals surface area contributed by atoms with Crippen molar-refractivity contribution in [1.82, 2.24) is 14.8 Å². The van der Waals surface area contributed by atoms with Gasteiger partial charge in [-0.1, -0.05) is 12.7 Å². The van der Waals surface area contributed by atoms with Crippen molar-refractivity contribution in [3.63, 3.8) is 0 Å². The maximum absolute atomic E-state index is 12.8. The lowest BCUT2D eigenvalue weighted by atomic mass is 10.1. The molecule has 1 aromatic heterocycles. The van der Waals surface area contributed by atoms with Crippen LogP contribution < -0.4 is 9.47 Å². The molecule has 1 aliphatic rings. The molecule has 2 aromatic rings. The molecule has 144 valence electrons. The van der Waals surface area contributed by atoms with E-state index in [0.29, 0.717) is 36.8 Å². The van der Waals surface area contributed by atoms with Gasteiger partial charge in [0.1, 0.15) is 6.61 Å². The van der Waals surface area contributed by atoms with Gasteiger partial charge in [0.15, 0.2) is 11.5 Å². The molecule has 7 heteroatoms. The average molecular weight is 388 g/mol. The maximum Gasteiger partial charge on any atom is 0.254 e. The third-order valence-corrected chi connectivity index (χ3v) is 5.30. The molecule has 3 rings (SSSR count). The predicted octanol–water partition coefficient (Wildman–Crippen LogP) is 2.98. The molecule has 1 aliphatic heterocycles. The Balaban J connectivity index is 1.59. The zero-order valence-corrected chi connectivity index (χ0v) is 16.6. The quantitative estimate of drug-likeness (QED) is 0.684. The van der Waals surface area contributed by atoms with Gasteiger partial charge < -0.3 is 14.4 Å². The van der Waals surface area contributed by atoms with E-state index < -0.39 is 0 Å². The van der Waals surface area contributed by atoms with Gasteiger partial charge in [0, 0.05) is 43.7 Å². The summed E-state index contributed by atoms with van der Waals surface area (Å²) < 4.78 is 10.9. The molecule has 0 saturated carbocycles. The number of benzene rings is 1. The van der Waals surface area contributed by atoms with Crippen LogP contribution >= 0.6 is 11.3 Å². The van der Waals surface area contributed by atoms with Crippen molar-refractivity contribution < 1.29 is 14.3 Å². The first-order chi connectivity index (χ1) is 13.1. The second kappa shape index (κ2) is 9.01. The molecule has 0 radical (unpaired) electrons. The molecule has 0 spiro atoms. The van der Waals surface area contributed by atoms with Crippen molar-refractivity contribution in [3.05, 3.63) is 52.5 Å². The number of ether oxygens (including phenoxy) is 2. The third-order valence-electron chi connectivity index (χ3n) is 4.48. The Bertz CT molecular complexity index is 798. The van der Waals surface area contributed by atoms with Crippen LogP contribution in [0.3, 0.4) is 0 Å². The minimum atomic E-state index is 0.0210. The van der Waals surface area contributed by atoms with Gasteiger partial charge in [-0.05, 0) is 25.1 Å². The number of hydrogen-bond donors (Lipinski definition) is 0. The number of aryl methyl sites for hydroxylation is 1. The van der Waals surface area contributed by atoms with Crippen LogP contribution in [0.1, 0.15) is 21.1 Å². The van der Waals surface area contributed by atoms with Gasteiger partial charge in [-0.15, -0.1) is 11.3 Å². The lowest BCUT2D eigenvalue weighted by Crippen LogP contribution is -2.48. The number of carbonyl (C=O) groups is 1. The van der Waals surface area contributed by atoms with Crippen LogP contribution in [0.25, 0.3) is 0 Å². The highest BCUT2D eigenvalue weighted by molar-refractivity contribution is 7.09. The van der Waals surface area contributed by atoms with Crippen molar-refractivity contribution in [3.8, 4) is 11.5 Å². The van der Waals surface area contributed by atoms with Gasteiger partial charge in [0.2, 0.25) is 0 Å². The molecule has 1 saturated heterocycles. The molecule has 0 atom stereocenters. The standard InChI is InChI=1S/C20H25N3O3S/c1-4-11-26-18-6-5-16(12-19(18)25-3)20(24)23-9-7-22(8-10-23)13-17-14-27-15(2)21-17/h4-6,12,14H,1,7-11,13H2,2-3H3. The normalized spacial score (nSPS) is 14.8. The van der Waals surface area contributed by atoms with Crippen LogP contribution in [-0.4, -0.2) is 60.6 Å². The number of piperazine rings is 1. The van der Waals surface area contributed by atoms with Gasteiger partial charge in [-0.25, -0.2) is 4.98 Å². The number of methoxy groups -OCH3 is 1. The second-order valence-electron chi connectivity index (χ2n) is 6.39. The van der Waals surface area contributed by atoms with Crippen molar-refractivity contribution >= 4 is 17.2 Å². The Morgan fingerprint density at radius 2 is 2.07 bits per heavy atom. The van der Waals surface area contributed by atoms with Crippen LogP contribution in [0.4, 0.5) is 0 Å². The van der Waals surface area contributed by atoms with Crippen molar-refractivity contribution in [1.29, 1.82) is 0 Å². The summed E-state index contributed by atoms with van der Waals surface area (Å²) in [6.45, 7) is 10.0. The first kappa shape index (κ1) is 19.4. The van der Waals surface area contributed by atoms with E-state index >= 15 is 0 Å². The summed E-state index contributed by atoms with van der Waals surface area (Å²) in [5.41, 5.74) is 1.72. The molecule has 2 heterocycles. The van der Waals surface area contributed by atoms with Gasteiger partial charge in [0.25, 0.3) is 5.91 Å². The van der Waals surface area contributed by atoms with Crippen molar-refractivity contribution in [2.75, 3.05) is 39.9 Å². The summed E-state index contributed by atoms with van der Waals surface area (Å²) in [5, 5.41) is 3.20. The fourth-order valence-corrected chi connectivity index (χ4v) is 3.67. The van der Waals surface area contributed by atoms with E-state index in [1.807, 2.05) is 11.8 Å². The van der Waals surface area contributed by atoms with Crippen LogP contribution in [-0.2, 0) is 6.54 Å². The first-order valence-corrected chi connectivity index (χ1v) is 9.83. The highest BCUT2D eigenvalue weighted by Crippen LogP contribution is 2.28. The highest BCUT2D eigenvalue weighted by atomic mass is 32.1. The molecule has 1 amide bonds. The SMILES string of the molecule is C=CCOc1ccc(C(=O)N2CCN(Cc3csc(C)n3)CC2)cc1OC. The topological polar surface area (TPSA) is 54.9 Å². The second-order valence-corrected chi connectivity index (χ2v) is 7.45. The minimum absolute atomic E-state index is 0.0210. The van der Waals surface area contributed by atoms with Gasteiger partial charge in [0.05, 0.1) is 17.8 Å². The lowest BCUT2D eigenvalue weighted by molar-refractivity contribution is 0.0627. The van der Waals surface area contributed by atoms with Gasteiger partial charge in [-0.2, -0.15) is 0 Å². The number of amides is 1. The van der Waals surface area contributed by atoms with E-state index in [2.05, 4.69) is 21.8 Å². The van der Waals surface area contributed by atoms with E-state index in [1.54, 1.807) is 42.7 Å². The number of carbonyl (C=O) groups excluding carboxylic acids is 1. The summed E-state index contributed by atoms with van der Waals surface area (Å²) in [5.74, 6) is 1.19. The van der Waals surface area contributed by atoms with E-state index in [-0.39, 0.29) is 5.91 Å². The molecular formula is C20H25N3O3S. The Morgan fingerprint density at radius 1 is 1.30 bits per heavy atom. The smallest absolute Gasteiger partial charge is 0.254 e. The van der Waals surface area contributed by atoms with E-state index in [0.717, 1.165) is 30.3 Å². The summed E-state index contributed by atoms with van der Waals surface area (Å²) in [6.07, 6.45) is 1.67. The number of rotatable bonds is 7. The monoisotopic (exact) mass is 387 g/mol. The van der Waals surface area contributed by atoms with Crippen molar-refractivity contribution in [2.45, 2.75) is 13.5 Å². The summed E-state index contributed by atoms with van der Waals surface area (Å²) in [6, 6.07) is 5.30. The average Bonchev–Trinajstić information content (AvgIpc) is 3.11. The molecule has 0 unspecified atom stereocenters. The Hall–Kier alpha value is -2.38. The van der Waals surface area contributed by atoms with Gasteiger partial charge >= 0.3 is 0 Å². The van der Waals surface area contributed by atoms with Crippen LogP contribution in [0.15, 0.2) is 36.2 Å². The predicted molar refractivity (Wildman–Crippen MR) is 107 cm³/mol. The number of nitrogens with zero attached hydrogens (tertiary/aromatic N) is 3. The number of aromatic nitrogens is 1. The number of thiazole rings is 1. The Labute approximate surface area is 164 Å². The molecule has 0 aliphatic carbocycles. The maximum atomic E-state index is 12.8.